The maximum atomic E-state index is 2.83. The minimum atomic E-state index is 1.72. The molecule has 0 rings (SSSR count). The van der Waals surface area contributed by atoms with Gasteiger partial charge in [0.25, 0.3) is 0 Å². The first kappa shape index (κ1) is 3.87. The van der Waals surface area contributed by atoms with Crippen LogP contribution >= 0.6 is 0 Å². The van der Waals surface area contributed by atoms with Gasteiger partial charge < -0.3 is 0 Å². The van der Waals surface area contributed by atoms with Crippen LogP contribution in [-0.4, -0.2) is 15.2 Å². The summed E-state index contributed by atoms with van der Waals surface area (Å²) in [4.78, 5) is 0. The zero-order valence-corrected chi connectivity index (χ0v) is 4.20. The van der Waals surface area contributed by atoms with Crippen LogP contribution in [0.4, 0.5) is 0 Å². The van der Waals surface area contributed by atoms with Crippen LogP contribution in [0.3, 0.4) is 0 Å². The van der Waals surface area contributed by atoms with Gasteiger partial charge in [-0.3, -0.25) is 0 Å². The maximum Gasteiger partial charge on any atom is 0.0329 e. The summed E-state index contributed by atoms with van der Waals surface area (Å²) in [5.41, 5.74) is 0. The fraction of sp³-hybridized carbons (Fsp3) is 0.333. The van der Waals surface area contributed by atoms with Crippen molar-refractivity contribution in [3.05, 3.63) is 6.08 Å². The molecule has 0 aromatic carbocycles. The van der Waals surface area contributed by atoms with Gasteiger partial charge in [-0.1, -0.05) is 6.08 Å². The number of hydrogen-bond acceptors (Lipinski definition) is 0. The summed E-state index contributed by atoms with van der Waals surface area (Å²) in [6.45, 7) is 1.95. The second-order valence-corrected chi connectivity index (χ2v) is 0.901. The Morgan fingerprint density at radius 1 is 2.00 bits per heavy atom. The molecule has 0 aliphatic rings. The SMILES string of the molecule is CC=C=[SiH2]. The van der Waals surface area contributed by atoms with Crippen LogP contribution in [0.2, 0.25) is 0 Å². The lowest BCUT2D eigenvalue weighted by Gasteiger charge is -1.38. The van der Waals surface area contributed by atoms with E-state index in [1.807, 2.05) is 13.0 Å². The molecule has 0 aromatic heterocycles. The third kappa shape index (κ3) is 1.87. The molecule has 0 atom stereocenters. The van der Waals surface area contributed by atoms with Gasteiger partial charge in [0.05, 0.1) is 0 Å². The summed E-state index contributed by atoms with van der Waals surface area (Å²) in [5.74, 6) is 0. The minimum Gasteiger partial charge on any atom is -0.168 e. The van der Waals surface area contributed by atoms with E-state index in [1.54, 1.807) is 9.85 Å². The zero-order valence-electron chi connectivity index (χ0n) is 2.78. The minimum absolute atomic E-state index is 1.72. The van der Waals surface area contributed by atoms with Crippen LogP contribution in [0.5, 0.6) is 0 Å². The molecule has 0 heterocycles. The van der Waals surface area contributed by atoms with Gasteiger partial charge in [-0.15, -0.1) is 0 Å². The Kier molecular flexibility index (Phi) is 2.77. The van der Waals surface area contributed by atoms with E-state index < -0.39 is 0 Å². The van der Waals surface area contributed by atoms with Crippen molar-refractivity contribution in [1.29, 1.82) is 0 Å². The van der Waals surface area contributed by atoms with Crippen molar-refractivity contribution in [3.63, 3.8) is 0 Å². The van der Waals surface area contributed by atoms with E-state index in [1.165, 1.54) is 0 Å². The Labute approximate surface area is 29.2 Å². The van der Waals surface area contributed by atoms with Gasteiger partial charge in [0.15, 0.2) is 0 Å². The second-order valence-electron chi connectivity index (χ2n) is 0.493. The highest BCUT2D eigenvalue weighted by Gasteiger charge is 1.24. The van der Waals surface area contributed by atoms with Crippen LogP contribution in [0.25, 0.3) is 0 Å². The molecule has 0 saturated heterocycles. The first-order chi connectivity index (χ1) is 1.91. The van der Waals surface area contributed by atoms with Gasteiger partial charge in [-0.2, -0.15) is 5.33 Å². The van der Waals surface area contributed by atoms with Crippen LogP contribution in [0.1, 0.15) is 6.92 Å². The standard InChI is InChI=1S/C3H6Si/c1-2-3-4/h2H,4H2,1H3. The fourth-order valence-corrected chi connectivity index (χ4v) is 0. The first-order valence-corrected chi connectivity index (χ1v) is 1.93. The summed E-state index contributed by atoms with van der Waals surface area (Å²) in [6, 6.07) is 0. The molecule has 0 fully saturated rings. The molecule has 1 heteroatoms. The Bertz CT molecular complexity index is 41.2. The highest BCUT2D eigenvalue weighted by atomic mass is 28.1. The molecule has 0 aromatic rings. The molecule has 0 bridgehead atoms. The van der Waals surface area contributed by atoms with Gasteiger partial charge in [0, 0.05) is 9.85 Å². The fourth-order valence-electron chi connectivity index (χ4n) is 0. The summed E-state index contributed by atoms with van der Waals surface area (Å²) in [6.07, 6.45) is 1.89. The highest BCUT2D eigenvalue weighted by Crippen LogP contribution is 1.35. The van der Waals surface area contributed by atoms with Crippen molar-refractivity contribution in [2.45, 2.75) is 6.92 Å². The first-order valence-electron chi connectivity index (χ1n) is 1.22. The molecule has 4 heavy (non-hydrogen) atoms. The molecule has 0 nitrogen and oxygen atoms in total. The molecule has 0 amide bonds. The predicted octanol–water partition coefficient (Wildman–Crippen LogP) is -0.403. The molecule has 0 aliphatic carbocycles. The summed E-state index contributed by atoms with van der Waals surface area (Å²) >= 11 is 0. The van der Waals surface area contributed by atoms with Crippen LogP contribution in [0.15, 0.2) is 6.08 Å². The zero-order chi connectivity index (χ0) is 3.41. The van der Waals surface area contributed by atoms with Gasteiger partial charge in [-0.25, -0.2) is 0 Å². The quantitative estimate of drug-likeness (QED) is 0.340. The third-order valence-electron chi connectivity index (χ3n) is 0.204. The second kappa shape index (κ2) is 2.87. The molecule has 0 N–H and O–H groups in total. The van der Waals surface area contributed by atoms with Gasteiger partial charge >= 0.3 is 0 Å². The van der Waals surface area contributed by atoms with E-state index in [0.29, 0.717) is 0 Å². The van der Waals surface area contributed by atoms with Crippen LogP contribution in [-0.2, 0) is 0 Å². The van der Waals surface area contributed by atoms with E-state index >= 15 is 0 Å². The van der Waals surface area contributed by atoms with Gasteiger partial charge in [0.1, 0.15) is 0 Å². The number of rotatable bonds is 0. The Hall–Kier alpha value is -0.133. The van der Waals surface area contributed by atoms with Crippen molar-refractivity contribution in [3.8, 4) is 0 Å². The molecule has 0 saturated carbocycles. The van der Waals surface area contributed by atoms with Gasteiger partial charge in [-0.05, 0) is 6.92 Å². The predicted molar refractivity (Wildman–Crippen MR) is 23.8 cm³/mol. The van der Waals surface area contributed by atoms with E-state index in [0.717, 1.165) is 0 Å². The molecular formula is C3H6Si. The molecule has 22 valence electrons. The molecule has 0 spiro atoms. The summed E-state index contributed by atoms with van der Waals surface area (Å²) in [5, 5.41) is 2.83. The lowest BCUT2D eigenvalue weighted by Crippen LogP contribution is -1.37. The average molecular weight is 70.2 g/mol. The number of allylic oxidation sites excluding steroid dienone is 1. The molecule has 0 unspecified atom stereocenters. The Balaban J connectivity index is 3.11. The van der Waals surface area contributed by atoms with E-state index in [9.17, 15) is 0 Å². The summed E-state index contributed by atoms with van der Waals surface area (Å²) < 4.78 is 0. The maximum absolute atomic E-state index is 2.83. The molecule has 0 radical (unpaired) electrons. The molecule has 0 aliphatic heterocycles. The van der Waals surface area contributed by atoms with Gasteiger partial charge in [0.2, 0.25) is 0 Å². The van der Waals surface area contributed by atoms with Crippen molar-refractivity contribution >= 4 is 15.2 Å². The summed E-state index contributed by atoms with van der Waals surface area (Å²) in [7, 11) is 1.72. The van der Waals surface area contributed by atoms with Crippen molar-refractivity contribution < 1.29 is 0 Å². The van der Waals surface area contributed by atoms with Crippen molar-refractivity contribution in [1.82, 2.24) is 0 Å². The molecular weight excluding hydrogens is 64.1 g/mol. The topological polar surface area (TPSA) is 0 Å². The van der Waals surface area contributed by atoms with E-state index in [-0.39, 0.29) is 0 Å². The Morgan fingerprint density at radius 2 is 2.25 bits per heavy atom. The van der Waals surface area contributed by atoms with E-state index in [2.05, 4.69) is 5.33 Å². The van der Waals surface area contributed by atoms with Crippen molar-refractivity contribution in [2.24, 2.45) is 0 Å². The monoisotopic (exact) mass is 70.0 g/mol. The Morgan fingerprint density at radius 3 is 2.25 bits per heavy atom. The number of hydrogen-bond donors (Lipinski definition) is 0. The van der Waals surface area contributed by atoms with E-state index in [4.69, 9.17) is 0 Å². The van der Waals surface area contributed by atoms with Crippen LogP contribution < -0.4 is 0 Å². The smallest absolute Gasteiger partial charge is 0.0329 e. The van der Waals surface area contributed by atoms with Crippen LogP contribution in [0, 0.1) is 0 Å². The third-order valence-corrected chi connectivity index (χ3v) is 0.612. The normalized spacial score (nSPS) is 4.25. The highest BCUT2D eigenvalue weighted by molar-refractivity contribution is 6.24. The average Bonchev–Trinajstić information content (AvgIpc) is 1.37. The lowest BCUT2D eigenvalue weighted by molar-refractivity contribution is 1.84. The van der Waals surface area contributed by atoms with Crippen molar-refractivity contribution in [2.75, 3.05) is 0 Å². The lowest BCUT2D eigenvalue weighted by atomic mass is 10.8. The largest absolute Gasteiger partial charge is 0.168 e.